The lowest BCUT2D eigenvalue weighted by atomic mass is 9.59. The number of esters is 1. The summed E-state index contributed by atoms with van der Waals surface area (Å²) in [5.74, 6) is 1.04. The third kappa shape index (κ3) is 5.92. The van der Waals surface area contributed by atoms with Crippen LogP contribution in [-0.4, -0.2) is 17.9 Å². The summed E-state index contributed by atoms with van der Waals surface area (Å²) in [6.07, 6.45) is 16.0. The molecule has 0 atom stereocenters. The summed E-state index contributed by atoms with van der Waals surface area (Å²) in [4.78, 5) is 11.7. The van der Waals surface area contributed by atoms with Gasteiger partial charge in [-0.05, 0) is 69.1 Å². The van der Waals surface area contributed by atoms with Crippen LogP contribution in [0.5, 0.6) is 0 Å². The summed E-state index contributed by atoms with van der Waals surface area (Å²) < 4.78 is 5.47. The largest absolute Gasteiger partial charge is 0.466 e. The van der Waals surface area contributed by atoms with E-state index in [1.807, 2.05) is 0 Å². The van der Waals surface area contributed by atoms with Gasteiger partial charge < -0.3 is 4.74 Å². The molecular weight excluding hydrogens is 328 g/mol. The van der Waals surface area contributed by atoms with Crippen LogP contribution in [0, 0.1) is 11.3 Å². The number of unbranched alkanes of at least 4 members (excludes halogenated alkanes) is 4. The van der Waals surface area contributed by atoms with Crippen LogP contribution in [0.15, 0.2) is 0 Å². The highest BCUT2D eigenvalue weighted by molar-refractivity contribution is 9.09. The number of carbonyl (C=O) groups excluding carboxylic acids is 1. The molecule has 0 N–H and O–H groups in total. The van der Waals surface area contributed by atoms with E-state index < -0.39 is 0 Å². The number of fused-ring (bicyclic) bond motifs is 3. The van der Waals surface area contributed by atoms with Crippen LogP contribution in [0.2, 0.25) is 0 Å². The van der Waals surface area contributed by atoms with Gasteiger partial charge in [-0.1, -0.05) is 35.2 Å². The molecule has 3 aliphatic carbocycles. The van der Waals surface area contributed by atoms with Crippen molar-refractivity contribution < 1.29 is 9.53 Å². The molecule has 0 saturated heterocycles. The van der Waals surface area contributed by atoms with Gasteiger partial charge in [0.05, 0.1) is 6.61 Å². The molecule has 0 amide bonds. The highest BCUT2D eigenvalue weighted by Gasteiger charge is 2.39. The molecule has 3 heteroatoms. The maximum Gasteiger partial charge on any atom is 0.305 e. The summed E-state index contributed by atoms with van der Waals surface area (Å²) in [7, 11) is 0. The average Bonchev–Trinajstić information content (AvgIpc) is 2.52. The smallest absolute Gasteiger partial charge is 0.305 e. The molecule has 21 heavy (non-hydrogen) atoms. The Labute approximate surface area is 138 Å². The van der Waals surface area contributed by atoms with E-state index in [0.29, 0.717) is 18.4 Å². The molecule has 0 aromatic heterocycles. The maximum atomic E-state index is 11.7. The predicted octanol–water partition coefficient (Wildman–Crippen LogP) is 5.63. The minimum absolute atomic E-state index is 0.0244. The van der Waals surface area contributed by atoms with Gasteiger partial charge in [-0.2, -0.15) is 0 Å². The van der Waals surface area contributed by atoms with Gasteiger partial charge in [0.25, 0.3) is 0 Å². The minimum Gasteiger partial charge on any atom is -0.466 e. The molecule has 3 rings (SSSR count). The van der Waals surface area contributed by atoms with Gasteiger partial charge in [0, 0.05) is 11.8 Å². The van der Waals surface area contributed by atoms with Crippen LogP contribution >= 0.6 is 15.9 Å². The Morgan fingerprint density at radius 2 is 1.62 bits per heavy atom. The second-order valence-electron chi connectivity index (χ2n) is 7.16. The van der Waals surface area contributed by atoms with Crippen molar-refractivity contribution in [3.63, 3.8) is 0 Å². The molecule has 0 heterocycles. The third-order valence-electron chi connectivity index (χ3n) is 5.66. The van der Waals surface area contributed by atoms with E-state index >= 15 is 0 Å². The SMILES string of the molecule is O=C(CCCCCCCBr)OCCC12CCC(CC1)CC2. The summed E-state index contributed by atoms with van der Waals surface area (Å²) in [6.45, 7) is 0.660. The zero-order valence-electron chi connectivity index (χ0n) is 13.4. The molecule has 0 aromatic rings. The van der Waals surface area contributed by atoms with E-state index in [9.17, 15) is 4.79 Å². The Bertz CT molecular complexity index is 295. The first-order valence-electron chi connectivity index (χ1n) is 8.96. The van der Waals surface area contributed by atoms with Crippen molar-refractivity contribution in [2.75, 3.05) is 11.9 Å². The van der Waals surface area contributed by atoms with Crippen LogP contribution in [0.4, 0.5) is 0 Å². The summed E-state index contributed by atoms with van der Waals surface area (Å²) in [5, 5.41) is 1.09. The van der Waals surface area contributed by atoms with Crippen molar-refractivity contribution in [3.8, 4) is 0 Å². The van der Waals surface area contributed by atoms with Crippen molar-refractivity contribution in [2.45, 2.75) is 83.5 Å². The Kier molecular flexibility index (Phi) is 7.56. The molecule has 122 valence electrons. The molecule has 0 unspecified atom stereocenters. The van der Waals surface area contributed by atoms with Crippen molar-refractivity contribution in [2.24, 2.45) is 11.3 Å². The van der Waals surface area contributed by atoms with Crippen molar-refractivity contribution in [1.82, 2.24) is 0 Å². The number of rotatable bonds is 10. The number of halogens is 1. The van der Waals surface area contributed by atoms with E-state index in [2.05, 4.69) is 15.9 Å². The van der Waals surface area contributed by atoms with Crippen LogP contribution in [-0.2, 0) is 9.53 Å². The second-order valence-corrected chi connectivity index (χ2v) is 7.95. The lowest BCUT2D eigenvalue weighted by Crippen LogP contribution is -2.35. The first kappa shape index (κ1) is 17.3. The van der Waals surface area contributed by atoms with Crippen LogP contribution in [0.1, 0.15) is 83.5 Å². The monoisotopic (exact) mass is 358 g/mol. The number of ether oxygens (including phenoxy) is 1. The summed E-state index contributed by atoms with van der Waals surface area (Å²) >= 11 is 3.44. The molecule has 0 radical (unpaired) electrons. The van der Waals surface area contributed by atoms with Crippen molar-refractivity contribution in [1.29, 1.82) is 0 Å². The van der Waals surface area contributed by atoms with Gasteiger partial charge in [0.15, 0.2) is 0 Å². The Balaban J connectivity index is 1.49. The quantitative estimate of drug-likeness (QED) is 0.287. The molecule has 2 bridgehead atoms. The highest BCUT2D eigenvalue weighted by atomic mass is 79.9. The van der Waals surface area contributed by atoms with Gasteiger partial charge in [0.1, 0.15) is 0 Å². The number of alkyl halides is 1. The minimum atomic E-state index is 0.0244. The summed E-state index contributed by atoms with van der Waals surface area (Å²) in [6, 6.07) is 0. The predicted molar refractivity (Wildman–Crippen MR) is 90.7 cm³/mol. The van der Waals surface area contributed by atoms with Crippen LogP contribution < -0.4 is 0 Å². The van der Waals surface area contributed by atoms with Crippen LogP contribution in [0.25, 0.3) is 0 Å². The molecule has 0 aromatic carbocycles. The first-order chi connectivity index (χ1) is 10.2. The van der Waals surface area contributed by atoms with E-state index in [4.69, 9.17) is 4.74 Å². The van der Waals surface area contributed by atoms with Gasteiger partial charge >= 0.3 is 5.97 Å². The fourth-order valence-electron chi connectivity index (χ4n) is 4.06. The van der Waals surface area contributed by atoms with Crippen molar-refractivity contribution in [3.05, 3.63) is 0 Å². The normalized spacial score (nSPS) is 27.8. The first-order valence-corrected chi connectivity index (χ1v) is 10.1. The zero-order chi connectivity index (χ0) is 15.0. The maximum absolute atomic E-state index is 11.7. The van der Waals surface area contributed by atoms with E-state index in [1.54, 1.807) is 0 Å². The Hall–Kier alpha value is -0.0500. The van der Waals surface area contributed by atoms with Gasteiger partial charge in [-0.25, -0.2) is 0 Å². The highest BCUT2D eigenvalue weighted by Crippen LogP contribution is 2.52. The molecular formula is C18H31BrO2. The molecule has 3 saturated carbocycles. The zero-order valence-corrected chi connectivity index (χ0v) is 15.0. The molecule has 3 fully saturated rings. The number of hydrogen-bond acceptors (Lipinski definition) is 2. The van der Waals surface area contributed by atoms with Crippen LogP contribution in [0.3, 0.4) is 0 Å². The molecule has 0 aliphatic heterocycles. The van der Waals surface area contributed by atoms with Gasteiger partial charge in [-0.15, -0.1) is 0 Å². The van der Waals surface area contributed by atoms with Gasteiger partial charge in [-0.3, -0.25) is 4.79 Å². The van der Waals surface area contributed by atoms with E-state index in [0.717, 1.165) is 30.5 Å². The molecule has 3 aliphatic rings. The standard InChI is InChI=1S/C18H31BrO2/c19-14-5-3-1-2-4-6-17(20)21-15-13-18-10-7-16(8-11-18)9-12-18/h16H,1-15H2. The number of carbonyl (C=O) groups is 1. The number of hydrogen-bond donors (Lipinski definition) is 0. The fourth-order valence-corrected chi connectivity index (χ4v) is 4.46. The molecule has 2 nitrogen and oxygen atoms in total. The second kappa shape index (κ2) is 9.17. The Morgan fingerprint density at radius 3 is 2.29 bits per heavy atom. The Morgan fingerprint density at radius 1 is 1.00 bits per heavy atom. The van der Waals surface area contributed by atoms with E-state index in [-0.39, 0.29) is 5.97 Å². The molecule has 0 spiro atoms. The summed E-state index contributed by atoms with van der Waals surface area (Å²) in [5.41, 5.74) is 0.532. The third-order valence-corrected chi connectivity index (χ3v) is 6.22. The fraction of sp³-hybridized carbons (Fsp3) is 0.944. The van der Waals surface area contributed by atoms with Gasteiger partial charge in [0.2, 0.25) is 0 Å². The lowest BCUT2D eigenvalue weighted by molar-refractivity contribution is -0.145. The topological polar surface area (TPSA) is 26.3 Å². The van der Waals surface area contributed by atoms with Crippen molar-refractivity contribution >= 4 is 21.9 Å². The average molecular weight is 359 g/mol. The van der Waals surface area contributed by atoms with E-state index in [1.165, 1.54) is 57.8 Å². The lowest BCUT2D eigenvalue weighted by Gasteiger charge is -2.46.